The highest BCUT2D eigenvalue weighted by atomic mass is 32.1. The summed E-state index contributed by atoms with van der Waals surface area (Å²) in [4.78, 5) is 14.7. The van der Waals surface area contributed by atoms with Gasteiger partial charge in [-0.1, -0.05) is 6.07 Å². The predicted octanol–water partition coefficient (Wildman–Crippen LogP) is 3.95. The van der Waals surface area contributed by atoms with Crippen molar-refractivity contribution in [3.63, 3.8) is 0 Å². The summed E-state index contributed by atoms with van der Waals surface area (Å²) in [5.41, 5.74) is 1.73. The second-order valence-electron chi connectivity index (χ2n) is 7.02. The lowest BCUT2D eigenvalue weighted by molar-refractivity contribution is -0.116. The number of anilines is 1. The van der Waals surface area contributed by atoms with Crippen LogP contribution in [0.2, 0.25) is 0 Å². The van der Waals surface area contributed by atoms with Gasteiger partial charge in [-0.05, 0) is 48.5 Å². The van der Waals surface area contributed by atoms with Crippen LogP contribution in [0.3, 0.4) is 0 Å². The smallest absolute Gasteiger partial charge is 0.226 e. The zero-order chi connectivity index (χ0) is 19.3. The average molecular weight is 398 g/mol. The second-order valence-corrected chi connectivity index (χ2v) is 7.94. The Morgan fingerprint density at radius 2 is 2.11 bits per heavy atom. The van der Waals surface area contributed by atoms with Crippen LogP contribution in [0, 0.1) is 11.3 Å². The van der Waals surface area contributed by atoms with E-state index in [1.54, 1.807) is 6.07 Å². The number of nitrogens with one attached hydrogen (secondary N) is 1. The molecule has 6 nitrogen and oxygen atoms in total. The van der Waals surface area contributed by atoms with Gasteiger partial charge in [0.25, 0.3) is 0 Å². The minimum atomic E-state index is -0.0525. The van der Waals surface area contributed by atoms with Gasteiger partial charge in [0.05, 0.1) is 18.8 Å². The maximum absolute atomic E-state index is 12.3. The number of hydrogen-bond donors (Lipinski definition) is 1. The van der Waals surface area contributed by atoms with Crippen LogP contribution in [-0.2, 0) is 4.79 Å². The number of carbonyl (C=O) groups excluding carboxylic acids is 1. The first-order valence-electron chi connectivity index (χ1n) is 9.65. The second kappa shape index (κ2) is 8.63. The first-order valence-corrected chi connectivity index (χ1v) is 10.5. The zero-order valence-corrected chi connectivity index (χ0v) is 16.5. The van der Waals surface area contributed by atoms with Gasteiger partial charge in [-0.25, -0.2) is 0 Å². The van der Waals surface area contributed by atoms with Crippen molar-refractivity contribution in [2.24, 2.45) is 0 Å². The Morgan fingerprint density at radius 3 is 2.96 bits per heavy atom. The topological polar surface area (TPSA) is 74.6 Å². The van der Waals surface area contributed by atoms with Crippen molar-refractivity contribution >= 4 is 22.2 Å². The molecule has 3 heterocycles. The Hall–Kier alpha value is -2.56. The van der Waals surface area contributed by atoms with Crippen molar-refractivity contribution in [1.82, 2.24) is 4.90 Å². The lowest BCUT2D eigenvalue weighted by Crippen LogP contribution is -2.27. The van der Waals surface area contributed by atoms with Crippen molar-refractivity contribution < 1.29 is 14.3 Å². The Bertz CT molecular complexity index is 889. The van der Waals surface area contributed by atoms with Crippen molar-refractivity contribution in [1.29, 1.82) is 5.26 Å². The summed E-state index contributed by atoms with van der Waals surface area (Å²) in [6.07, 6.45) is 3.49. The predicted molar refractivity (Wildman–Crippen MR) is 108 cm³/mol. The van der Waals surface area contributed by atoms with E-state index in [1.807, 2.05) is 11.4 Å². The number of fused-ring (bicyclic) bond motifs is 1. The van der Waals surface area contributed by atoms with Gasteiger partial charge >= 0.3 is 0 Å². The Morgan fingerprint density at radius 1 is 1.25 bits per heavy atom. The van der Waals surface area contributed by atoms with Crippen LogP contribution in [0.1, 0.15) is 42.9 Å². The molecule has 1 fully saturated rings. The molecule has 0 saturated carbocycles. The van der Waals surface area contributed by atoms with Crippen LogP contribution in [-0.4, -0.2) is 37.1 Å². The molecule has 1 aromatic heterocycles. The van der Waals surface area contributed by atoms with Gasteiger partial charge in [0.2, 0.25) is 5.91 Å². The molecule has 1 atom stereocenters. The lowest BCUT2D eigenvalue weighted by Gasteiger charge is -2.25. The van der Waals surface area contributed by atoms with E-state index in [0.717, 1.165) is 37.3 Å². The Labute approximate surface area is 168 Å². The highest BCUT2D eigenvalue weighted by Crippen LogP contribution is 2.37. The largest absolute Gasteiger partial charge is 0.490 e. The fraction of sp³-hybridized carbons (Fsp3) is 0.429. The van der Waals surface area contributed by atoms with Crippen molar-refractivity contribution in [2.45, 2.75) is 31.7 Å². The Kier molecular flexibility index (Phi) is 5.79. The van der Waals surface area contributed by atoms with Crippen LogP contribution in [0.25, 0.3) is 0 Å². The van der Waals surface area contributed by atoms with Gasteiger partial charge in [-0.3, -0.25) is 9.69 Å². The molecule has 28 heavy (non-hydrogen) atoms. The van der Waals surface area contributed by atoms with Crippen molar-refractivity contribution in [3.8, 4) is 17.6 Å². The molecule has 0 spiro atoms. The fourth-order valence-electron chi connectivity index (χ4n) is 3.79. The van der Waals surface area contributed by atoms with Gasteiger partial charge in [0, 0.05) is 25.4 Å². The molecule has 7 heteroatoms. The van der Waals surface area contributed by atoms with Crippen LogP contribution in [0.15, 0.2) is 29.6 Å². The van der Waals surface area contributed by atoms with Gasteiger partial charge in [0.15, 0.2) is 11.5 Å². The highest BCUT2D eigenvalue weighted by molar-refractivity contribution is 7.14. The number of carbonyl (C=O) groups is 1. The van der Waals surface area contributed by atoms with Crippen molar-refractivity contribution in [3.05, 3.63) is 40.8 Å². The zero-order valence-electron chi connectivity index (χ0n) is 15.6. The molecule has 1 saturated heterocycles. The molecular formula is C21H23N3O3S. The van der Waals surface area contributed by atoms with E-state index in [-0.39, 0.29) is 5.91 Å². The third-order valence-electron chi connectivity index (χ3n) is 5.18. The normalized spacial score (nSPS) is 19.0. The number of ether oxygens (including phenoxy) is 2. The molecule has 0 bridgehead atoms. The van der Waals surface area contributed by atoms with Gasteiger partial charge in [0.1, 0.15) is 11.1 Å². The average Bonchev–Trinajstić information content (AvgIpc) is 3.29. The summed E-state index contributed by atoms with van der Waals surface area (Å²) >= 11 is 1.38. The van der Waals surface area contributed by atoms with E-state index < -0.39 is 0 Å². The molecule has 1 N–H and O–H groups in total. The molecule has 1 amide bonds. The summed E-state index contributed by atoms with van der Waals surface area (Å²) in [6.45, 7) is 3.04. The molecule has 4 rings (SSSR count). The van der Waals surface area contributed by atoms with E-state index in [9.17, 15) is 4.79 Å². The lowest BCUT2D eigenvalue weighted by atomic mass is 10.0. The number of thiophene rings is 1. The molecule has 2 aromatic rings. The van der Waals surface area contributed by atoms with E-state index in [0.29, 0.717) is 42.8 Å². The SMILES string of the molecule is N#Cc1ccsc1NC(=O)CCN1CCC[C@@H]1c1ccc2c(c1)OCCCO2. The molecule has 0 unspecified atom stereocenters. The number of likely N-dealkylation sites (tertiary alicyclic amines) is 1. The minimum absolute atomic E-state index is 0.0525. The molecule has 2 aliphatic heterocycles. The first kappa shape index (κ1) is 18.8. The summed E-state index contributed by atoms with van der Waals surface area (Å²) in [7, 11) is 0. The van der Waals surface area contributed by atoms with Gasteiger partial charge in [-0.2, -0.15) is 5.26 Å². The quantitative estimate of drug-likeness (QED) is 0.827. The summed E-state index contributed by atoms with van der Waals surface area (Å²) < 4.78 is 11.6. The van der Waals surface area contributed by atoms with Crippen LogP contribution < -0.4 is 14.8 Å². The standard InChI is InChI=1S/C21H23N3O3S/c22-14-16-7-12-28-21(16)23-20(25)6-9-24-8-1-3-17(24)15-4-5-18-19(13-15)27-11-2-10-26-18/h4-5,7,12-13,17H,1-3,6,8-11H2,(H,23,25)/t17-/m1/s1. The van der Waals surface area contributed by atoms with Gasteiger partial charge in [-0.15, -0.1) is 11.3 Å². The number of amides is 1. The molecule has 146 valence electrons. The van der Waals surface area contributed by atoms with Crippen LogP contribution in [0.5, 0.6) is 11.5 Å². The third-order valence-corrected chi connectivity index (χ3v) is 6.01. The van der Waals surface area contributed by atoms with E-state index in [2.05, 4.69) is 28.4 Å². The van der Waals surface area contributed by atoms with E-state index in [4.69, 9.17) is 14.7 Å². The van der Waals surface area contributed by atoms with E-state index in [1.165, 1.54) is 16.9 Å². The fourth-order valence-corrected chi connectivity index (χ4v) is 4.54. The first-order chi connectivity index (χ1) is 13.7. The monoisotopic (exact) mass is 397 g/mol. The van der Waals surface area contributed by atoms with E-state index >= 15 is 0 Å². The highest BCUT2D eigenvalue weighted by Gasteiger charge is 2.27. The van der Waals surface area contributed by atoms with Gasteiger partial charge < -0.3 is 14.8 Å². The van der Waals surface area contributed by atoms with Crippen LogP contribution in [0.4, 0.5) is 5.00 Å². The molecule has 1 aromatic carbocycles. The number of nitriles is 1. The maximum atomic E-state index is 12.3. The third kappa shape index (κ3) is 4.13. The number of nitrogens with zero attached hydrogens (tertiary/aromatic N) is 2. The molecule has 0 aliphatic carbocycles. The molecular weight excluding hydrogens is 374 g/mol. The Balaban J connectivity index is 1.38. The summed E-state index contributed by atoms with van der Waals surface area (Å²) in [5, 5.41) is 14.4. The number of rotatable bonds is 5. The van der Waals surface area contributed by atoms with Crippen LogP contribution >= 0.6 is 11.3 Å². The number of benzene rings is 1. The molecule has 0 radical (unpaired) electrons. The molecule has 2 aliphatic rings. The summed E-state index contributed by atoms with van der Waals surface area (Å²) in [5.74, 6) is 1.58. The maximum Gasteiger partial charge on any atom is 0.226 e. The van der Waals surface area contributed by atoms with Crippen molar-refractivity contribution in [2.75, 3.05) is 31.6 Å². The number of hydrogen-bond acceptors (Lipinski definition) is 6. The summed E-state index contributed by atoms with van der Waals surface area (Å²) in [6, 6.07) is 10.3. The minimum Gasteiger partial charge on any atom is -0.490 e.